The van der Waals surface area contributed by atoms with E-state index >= 15 is 0 Å². The number of hydrogen-bond donors (Lipinski definition) is 0. The molecule has 7 heteroatoms. The molecule has 0 spiro atoms. The van der Waals surface area contributed by atoms with Crippen molar-refractivity contribution in [3.05, 3.63) is 45.3 Å². The summed E-state index contributed by atoms with van der Waals surface area (Å²) in [6.45, 7) is 2.24. The minimum atomic E-state index is -0.576. The number of cyclic esters (lactones) is 1. The molecule has 1 fully saturated rings. The zero-order valence-corrected chi connectivity index (χ0v) is 15.7. The number of ketones is 1. The summed E-state index contributed by atoms with van der Waals surface area (Å²) in [6, 6.07) is 4.57. The summed E-state index contributed by atoms with van der Waals surface area (Å²) in [7, 11) is 0. The number of hydrogen-bond acceptors (Lipinski definition) is 5. The van der Waals surface area contributed by atoms with E-state index in [0.29, 0.717) is 29.0 Å². The van der Waals surface area contributed by atoms with Crippen LogP contribution in [0.4, 0.5) is 4.39 Å². The normalized spacial score (nSPS) is 27.8. The van der Waals surface area contributed by atoms with Gasteiger partial charge < -0.3 is 9.47 Å². The highest BCUT2D eigenvalue weighted by atomic mass is 79.9. The summed E-state index contributed by atoms with van der Waals surface area (Å²) >= 11 is 3.19. The number of carbonyl (C=O) groups is 2. The molecule has 5 nitrogen and oxygen atoms in total. The number of Topliss-reactive ketones (excluding diaryl/α,β-unsaturated/α-hetero) is 1. The molecule has 0 saturated carbocycles. The maximum atomic E-state index is 13.7. The molecule has 3 atom stereocenters. The maximum Gasteiger partial charge on any atom is 0.337 e. The fourth-order valence-electron chi connectivity index (χ4n) is 3.89. The van der Waals surface area contributed by atoms with Gasteiger partial charge in [0.2, 0.25) is 0 Å². The average Bonchev–Trinajstić information content (AvgIpc) is 2.92. The first-order valence-electron chi connectivity index (χ1n) is 8.59. The van der Waals surface area contributed by atoms with Crippen molar-refractivity contribution >= 4 is 33.4 Å². The molecule has 3 heterocycles. The minimum absolute atomic E-state index is 0.0153. The van der Waals surface area contributed by atoms with Crippen LogP contribution < -0.4 is 0 Å². The zero-order valence-electron chi connectivity index (χ0n) is 14.1. The van der Waals surface area contributed by atoms with Gasteiger partial charge >= 0.3 is 5.97 Å². The predicted molar refractivity (Wildman–Crippen MR) is 95.4 cm³/mol. The van der Waals surface area contributed by atoms with Gasteiger partial charge in [-0.05, 0) is 40.0 Å². The third-order valence-corrected chi connectivity index (χ3v) is 5.62. The molecule has 0 N–H and O–H groups in total. The Bertz CT molecular complexity index is 863. The average molecular weight is 422 g/mol. The van der Waals surface area contributed by atoms with E-state index in [1.54, 1.807) is 12.1 Å². The van der Waals surface area contributed by atoms with Crippen LogP contribution in [0, 0.1) is 11.7 Å². The van der Waals surface area contributed by atoms with Crippen molar-refractivity contribution in [2.45, 2.75) is 31.8 Å². The highest BCUT2D eigenvalue weighted by Crippen LogP contribution is 2.46. The van der Waals surface area contributed by atoms with Gasteiger partial charge in [-0.3, -0.25) is 9.79 Å². The second kappa shape index (κ2) is 6.70. The predicted octanol–water partition coefficient (Wildman–Crippen LogP) is 3.32. The molecular formula is C19H17BrFNO4. The van der Waals surface area contributed by atoms with E-state index in [4.69, 9.17) is 9.47 Å². The molecule has 4 rings (SSSR count). The van der Waals surface area contributed by atoms with Gasteiger partial charge in [0, 0.05) is 5.92 Å². The number of esters is 1. The first-order valence-corrected chi connectivity index (χ1v) is 9.38. The zero-order chi connectivity index (χ0) is 18.4. The Balaban J connectivity index is 1.88. The molecule has 3 aliphatic heterocycles. The van der Waals surface area contributed by atoms with Crippen molar-refractivity contribution in [2.75, 3.05) is 13.2 Å². The molecular weight excluding hydrogens is 405 g/mol. The molecule has 1 aromatic carbocycles. The highest BCUT2D eigenvalue weighted by molar-refractivity contribution is 9.10. The first-order chi connectivity index (χ1) is 12.5. The van der Waals surface area contributed by atoms with Crippen molar-refractivity contribution in [3.63, 3.8) is 0 Å². The van der Waals surface area contributed by atoms with Gasteiger partial charge in [-0.25, -0.2) is 9.18 Å². The van der Waals surface area contributed by atoms with Crippen molar-refractivity contribution in [1.82, 2.24) is 0 Å². The van der Waals surface area contributed by atoms with Crippen molar-refractivity contribution < 1.29 is 23.5 Å². The Morgan fingerprint density at radius 3 is 2.81 bits per heavy atom. The summed E-state index contributed by atoms with van der Waals surface area (Å²) in [6.07, 6.45) is 1.10. The molecule has 0 aliphatic carbocycles. The fourth-order valence-corrected chi connectivity index (χ4v) is 4.29. The van der Waals surface area contributed by atoms with Crippen LogP contribution in [0.3, 0.4) is 0 Å². The number of nitrogens with zero attached hydrogens (tertiary/aromatic N) is 1. The lowest BCUT2D eigenvalue weighted by molar-refractivity contribution is -0.140. The van der Waals surface area contributed by atoms with Crippen LogP contribution in [0.1, 0.15) is 31.2 Å². The fraction of sp³-hybridized carbons (Fsp3) is 0.421. The maximum absolute atomic E-state index is 13.7. The molecule has 0 radical (unpaired) electrons. The van der Waals surface area contributed by atoms with E-state index in [-0.39, 0.29) is 23.5 Å². The number of aliphatic imine (C=N–C) groups is 1. The topological polar surface area (TPSA) is 65.0 Å². The second-order valence-electron chi connectivity index (χ2n) is 6.67. The largest absolute Gasteiger partial charge is 0.452 e. The first kappa shape index (κ1) is 17.5. The SMILES string of the molecule is CCCC1OC(=O)C2=C1N=C1COCC(=O)C1C2c1ccc(F)c(Br)c1. The molecule has 0 bridgehead atoms. The van der Waals surface area contributed by atoms with E-state index in [2.05, 4.69) is 20.9 Å². The molecule has 3 aliphatic rings. The highest BCUT2D eigenvalue weighted by Gasteiger charge is 2.49. The van der Waals surface area contributed by atoms with E-state index < -0.39 is 29.7 Å². The van der Waals surface area contributed by atoms with Gasteiger partial charge in [-0.1, -0.05) is 19.4 Å². The molecule has 3 unspecified atom stereocenters. The molecule has 136 valence electrons. The quantitative estimate of drug-likeness (QED) is 0.702. The van der Waals surface area contributed by atoms with Crippen molar-refractivity contribution in [2.24, 2.45) is 10.9 Å². The van der Waals surface area contributed by atoms with E-state index in [0.717, 1.165) is 6.42 Å². The number of benzene rings is 1. The summed E-state index contributed by atoms with van der Waals surface area (Å²) in [4.78, 5) is 29.8. The molecule has 0 aromatic heterocycles. The smallest absolute Gasteiger partial charge is 0.337 e. The van der Waals surface area contributed by atoms with Gasteiger partial charge in [0.15, 0.2) is 5.78 Å². The third kappa shape index (κ3) is 2.74. The number of ether oxygens (including phenoxy) is 2. The minimum Gasteiger partial charge on any atom is -0.452 e. The Kier molecular flexibility index (Phi) is 4.52. The number of fused-ring (bicyclic) bond motifs is 1. The van der Waals surface area contributed by atoms with E-state index in [1.165, 1.54) is 6.07 Å². The van der Waals surface area contributed by atoms with Crippen LogP contribution in [0.25, 0.3) is 0 Å². The van der Waals surface area contributed by atoms with Crippen molar-refractivity contribution in [3.8, 4) is 0 Å². The van der Waals surface area contributed by atoms with Crippen LogP contribution in [0.2, 0.25) is 0 Å². The van der Waals surface area contributed by atoms with Crippen LogP contribution in [-0.2, 0) is 19.1 Å². The van der Waals surface area contributed by atoms with E-state index in [1.807, 2.05) is 6.92 Å². The van der Waals surface area contributed by atoms with Crippen LogP contribution in [0.15, 0.2) is 38.9 Å². The number of rotatable bonds is 3. The molecule has 1 saturated heterocycles. The third-order valence-electron chi connectivity index (χ3n) is 5.01. The molecule has 26 heavy (non-hydrogen) atoms. The van der Waals surface area contributed by atoms with Crippen LogP contribution >= 0.6 is 15.9 Å². The summed E-state index contributed by atoms with van der Waals surface area (Å²) in [5.41, 5.74) is 2.31. The molecule has 0 amide bonds. The van der Waals surface area contributed by atoms with Gasteiger partial charge in [-0.15, -0.1) is 0 Å². The van der Waals surface area contributed by atoms with Crippen LogP contribution in [-0.4, -0.2) is 36.8 Å². The van der Waals surface area contributed by atoms with Gasteiger partial charge in [-0.2, -0.15) is 0 Å². The van der Waals surface area contributed by atoms with Crippen LogP contribution in [0.5, 0.6) is 0 Å². The molecule has 1 aromatic rings. The monoisotopic (exact) mass is 421 g/mol. The number of halogens is 2. The summed E-state index contributed by atoms with van der Waals surface area (Å²) < 4.78 is 24.9. The lowest BCUT2D eigenvalue weighted by Gasteiger charge is -2.34. The van der Waals surface area contributed by atoms with Gasteiger partial charge in [0.25, 0.3) is 0 Å². The summed E-state index contributed by atoms with van der Waals surface area (Å²) in [5.74, 6) is -2.07. The van der Waals surface area contributed by atoms with Gasteiger partial charge in [0.1, 0.15) is 18.5 Å². The van der Waals surface area contributed by atoms with Crippen molar-refractivity contribution in [1.29, 1.82) is 0 Å². The lowest BCUT2D eigenvalue weighted by Crippen LogP contribution is -2.43. The lowest BCUT2D eigenvalue weighted by atomic mass is 9.73. The van der Waals surface area contributed by atoms with Gasteiger partial charge in [0.05, 0.1) is 34.0 Å². The number of carbonyl (C=O) groups excluding carboxylic acids is 2. The van der Waals surface area contributed by atoms with E-state index in [9.17, 15) is 14.0 Å². The second-order valence-corrected chi connectivity index (χ2v) is 7.53. The Morgan fingerprint density at radius 1 is 1.27 bits per heavy atom. The Labute approximate surface area is 158 Å². The summed E-state index contributed by atoms with van der Waals surface area (Å²) in [5, 5.41) is 0. The Morgan fingerprint density at radius 2 is 2.08 bits per heavy atom. The Hall–Kier alpha value is -1.86. The standard InChI is InChI=1S/C19H17BrFNO4/c1-2-3-14-18-17(19(24)26-14)15(9-4-5-11(21)10(20)6-9)16-12(22-18)7-25-8-13(16)23/h4-6,14-16H,2-3,7-8H2,1H3.